The molecule has 2 aromatic heterocycles. The summed E-state index contributed by atoms with van der Waals surface area (Å²) in [6.45, 7) is 1.98. The van der Waals surface area contributed by atoms with Gasteiger partial charge in [0, 0.05) is 16.0 Å². The van der Waals surface area contributed by atoms with Crippen LogP contribution in [0.25, 0.3) is 22.2 Å². The molecule has 6 heteroatoms. The first-order valence-electron chi connectivity index (χ1n) is 7.74. The van der Waals surface area contributed by atoms with Crippen molar-refractivity contribution in [2.75, 3.05) is 5.32 Å². The first kappa shape index (κ1) is 15.6. The number of H-pyrrole nitrogens is 1. The summed E-state index contributed by atoms with van der Waals surface area (Å²) >= 11 is 6.28. The topological polar surface area (TPSA) is 53.6 Å². The number of fused-ring (bicyclic) bond motifs is 1. The second kappa shape index (κ2) is 6.18. The Bertz CT molecular complexity index is 1070. The second-order valence-electron chi connectivity index (χ2n) is 5.78. The van der Waals surface area contributed by atoms with Crippen molar-refractivity contribution in [1.82, 2.24) is 15.2 Å². The molecular formula is C19H14ClFN4. The maximum absolute atomic E-state index is 13.5. The van der Waals surface area contributed by atoms with Crippen LogP contribution in [-0.2, 0) is 0 Å². The lowest BCUT2D eigenvalue weighted by atomic mass is 10.1. The van der Waals surface area contributed by atoms with Gasteiger partial charge >= 0.3 is 0 Å². The van der Waals surface area contributed by atoms with Gasteiger partial charge in [0.1, 0.15) is 11.6 Å². The molecule has 0 bridgehead atoms. The largest absolute Gasteiger partial charge is 0.323 e. The Kier molecular flexibility index (Phi) is 3.86. The minimum atomic E-state index is -0.314. The van der Waals surface area contributed by atoms with Gasteiger partial charge in [-0.05, 0) is 48.9 Å². The first-order valence-corrected chi connectivity index (χ1v) is 8.12. The van der Waals surface area contributed by atoms with Crippen molar-refractivity contribution >= 4 is 34.1 Å². The van der Waals surface area contributed by atoms with Crippen molar-refractivity contribution in [3.05, 3.63) is 71.0 Å². The van der Waals surface area contributed by atoms with Crippen LogP contribution in [0.2, 0.25) is 5.02 Å². The predicted molar refractivity (Wildman–Crippen MR) is 98.8 cm³/mol. The summed E-state index contributed by atoms with van der Waals surface area (Å²) in [5.74, 6) is 0.830. The molecule has 0 saturated heterocycles. The van der Waals surface area contributed by atoms with Crippen LogP contribution in [0.4, 0.5) is 16.0 Å². The highest BCUT2D eigenvalue weighted by Crippen LogP contribution is 2.29. The van der Waals surface area contributed by atoms with Crippen LogP contribution in [0.15, 0.2) is 54.6 Å². The van der Waals surface area contributed by atoms with E-state index in [0.29, 0.717) is 22.0 Å². The van der Waals surface area contributed by atoms with Crippen molar-refractivity contribution in [3.8, 4) is 11.3 Å². The number of pyridine rings is 1. The zero-order valence-corrected chi connectivity index (χ0v) is 14.1. The zero-order valence-electron chi connectivity index (χ0n) is 13.3. The van der Waals surface area contributed by atoms with Crippen molar-refractivity contribution in [3.63, 3.8) is 0 Å². The lowest BCUT2D eigenvalue weighted by Gasteiger charge is -2.09. The van der Waals surface area contributed by atoms with E-state index in [1.807, 2.05) is 43.3 Å². The molecule has 4 rings (SSSR count). The number of nitrogens with one attached hydrogen (secondary N) is 2. The van der Waals surface area contributed by atoms with Crippen molar-refractivity contribution < 1.29 is 4.39 Å². The third-order valence-corrected chi connectivity index (χ3v) is 4.22. The number of hydrogen-bond acceptors (Lipinski definition) is 3. The number of rotatable bonds is 3. The maximum Gasteiger partial charge on any atom is 0.161 e. The molecule has 0 aliphatic heterocycles. The fourth-order valence-electron chi connectivity index (χ4n) is 2.74. The van der Waals surface area contributed by atoms with Gasteiger partial charge in [0.05, 0.1) is 11.2 Å². The zero-order chi connectivity index (χ0) is 17.4. The van der Waals surface area contributed by atoms with E-state index >= 15 is 0 Å². The van der Waals surface area contributed by atoms with Gasteiger partial charge in [-0.3, -0.25) is 5.10 Å². The summed E-state index contributed by atoms with van der Waals surface area (Å²) in [5, 5.41) is 11.6. The average Bonchev–Trinajstić information content (AvgIpc) is 2.97. The Balaban J connectivity index is 1.76. The van der Waals surface area contributed by atoms with E-state index in [1.165, 1.54) is 12.1 Å². The highest BCUT2D eigenvalue weighted by atomic mass is 35.5. The summed E-state index contributed by atoms with van der Waals surface area (Å²) in [7, 11) is 0. The van der Waals surface area contributed by atoms with E-state index in [4.69, 9.17) is 11.6 Å². The fourth-order valence-corrected chi connectivity index (χ4v) is 2.97. The van der Waals surface area contributed by atoms with Gasteiger partial charge < -0.3 is 5.32 Å². The molecule has 2 aromatic carbocycles. The second-order valence-corrected chi connectivity index (χ2v) is 6.19. The predicted octanol–water partition coefficient (Wildman–Crippen LogP) is 5.47. The number of aryl methyl sites for hydroxylation is 1. The van der Waals surface area contributed by atoms with Crippen molar-refractivity contribution in [2.45, 2.75) is 6.92 Å². The molecule has 0 fully saturated rings. The molecule has 0 radical (unpaired) electrons. The molecule has 2 heterocycles. The molecular weight excluding hydrogens is 339 g/mol. The molecule has 4 nitrogen and oxygen atoms in total. The minimum absolute atomic E-state index is 0.314. The van der Waals surface area contributed by atoms with Crippen LogP contribution in [0.3, 0.4) is 0 Å². The lowest BCUT2D eigenvalue weighted by molar-refractivity contribution is 0.630. The normalized spacial score (nSPS) is 11.0. The Labute approximate surface area is 148 Å². The molecule has 2 N–H and O–H groups in total. The van der Waals surface area contributed by atoms with Crippen molar-refractivity contribution in [2.24, 2.45) is 0 Å². The van der Waals surface area contributed by atoms with Crippen LogP contribution in [0.1, 0.15) is 5.56 Å². The van der Waals surface area contributed by atoms with Crippen LogP contribution in [0.5, 0.6) is 0 Å². The van der Waals surface area contributed by atoms with Crippen LogP contribution in [-0.4, -0.2) is 15.2 Å². The monoisotopic (exact) mass is 352 g/mol. The van der Waals surface area contributed by atoms with Crippen LogP contribution < -0.4 is 5.32 Å². The number of hydrogen-bond donors (Lipinski definition) is 2. The molecule has 0 saturated carbocycles. The van der Waals surface area contributed by atoms with Gasteiger partial charge in [-0.25, -0.2) is 9.37 Å². The van der Waals surface area contributed by atoms with E-state index in [0.717, 1.165) is 22.3 Å². The van der Waals surface area contributed by atoms with Crippen LogP contribution in [0, 0.1) is 12.7 Å². The Morgan fingerprint density at radius 2 is 1.92 bits per heavy atom. The summed E-state index contributed by atoms with van der Waals surface area (Å²) in [6, 6.07) is 15.9. The van der Waals surface area contributed by atoms with Gasteiger partial charge in [-0.15, -0.1) is 0 Å². The fraction of sp³-hybridized carbons (Fsp3) is 0.0526. The number of benzene rings is 2. The highest BCUT2D eigenvalue weighted by molar-refractivity contribution is 6.33. The number of aromatic nitrogens is 3. The molecule has 0 amide bonds. The first-order chi connectivity index (χ1) is 12.1. The SMILES string of the molecule is Cc1cc(Nc2n[nH]c3ccc(F)cc23)nc(-c2ccccc2Cl)c1. The molecule has 0 aliphatic carbocycles. The van der Waals surface area contributed by atoms with E-state index < -0.39 is 0 Å². The van der Waals surface area contributed by atoms with E-state index in [9.17, 15) is 4.39 Å². The smallest absolute Gasteiger partial charge is 0.161 e. The quantitative estimate of drug-likeness (QED) is 0.514. The average molecular weight is 353 g/mol. The van der Waals surface area contributed by atoms with E-state index in [-0.39, 0.29) is 5.82 Å². The number of anilines is 2. The third kappa shape index (κ3) is 3.06. The lowest BCUT2D eigenvalue weighted by Crippen LogP contribution is -1.97. The summed E-state index contributed by atoms with van der Waals surface area (Å²) in [4.78, 5) is 4.63. The molecule has 0 aliphatic rings. The maximum atomic E-state index is 13.5. The summed E-state index contributed by atoms with van der Waals surface area (Å²) in [5.41, 5.74) is 3.40. The van der Waals surface area contributed by atoms with Gasteiger partial charge in [0.25, 0.3) is 0 Å². The highest BCUT2D eigenvalue weighted by Gasteiger charge is 2.10. The third-order valence-electron chi connectivity index (χ3n) is 3.89. The van der Waals surface area contributed by atoms with Gasteiger partial charge in [-0.1, -0.05) is 29.8 Å². The molecule has 25 heavy (non-hydrogen) atoms. The van der Waals surface area contributed by atoms with Crippen molar-refractivity contribution in [1.29, 1.82) is 0 Å². The van der Waals surface area contributed by atoms with E-state index in [2.05, 4.69) is 20.5 Å². The number of halogens is 2. The van der Waals surface area contributed by atoms with Crippen LogP contribution >= 0.6 is 11.6 Å². The van der Waals surface area contributed by atoms with Gasteiger partial charge in [0.2, 0.25) is 0 Å². The Hall–Kier alpha value is -2.92. The number of aromatic amines is 1. The van der Waals surface area contributed by atoms with Gasteiger partial charge in [-0.2, -0.15) is 5.10 Å². The number of nitrogens with zero attached hydrogens (tertiary/aromatic N) is 2. The Morgan fingerprint density at radius 1 is 1.08 bits per heavy atom. The molecule has 0 atom stereocenters. The molecule has 0 unspecified atom stereocenters. The summed E-state index contributed by atoms with van der Waals surface area (Å²) < 4.78 is 13.5. The molecule has 4 aromatic rings. The molecule has 124 valence electrons. The Morgan fingerprint density at radius 3 is 2.76 bits per heavy atom. The standard InChI is InChI=1S/C19H14ClFN4/c1-11-8-17(13-4-2-3-5-15(13)20)22-18(9-11)23-19-14-10-12(21)6-7-16(14)24-25-19/h2-10H,1H3,(H2,22,23,24,25). The summed E-state index contributed by atoms with van der Waals surface area (Å²) in [6.07, 6.45) is 0. The van der Waals surface area contributed by atoms with Gasteiger partial charge in [0.15, 0.2) is 5.82 Å². The van der Waals surface area contributed by atoms with E-state index in [1.54, 1.807) is 6.07 Å². The minimum Gasteiger partial charge on any atom is -0.323 e. The molecule has 0 spiro atoms.